The van der Waals surface area contributed by atoms with E-state index in [0.29, 0.717) is 56.5 Å². The predicted octanol–water partition coefficient (Wildman–Crippen LogP) is 7.75. The Balaban J connectivity index is 1.55. The number of anilines is 1. The number of H-pyrrole nitrogens is 1. The highest BCUT2D eigenvalue weighted by molar-refractivity contribution is 7.20. The van der Waals surface area contributed by atoms with Gasteiger partial charge in [-0.15, -0.1) is 11.3 Å². The van der Waals surface area contributed by atoms with Crippen LogP contribution in [-0.4, -0.2) is 34.4 Å². The van der Waals surface area contributed by atoms with Crippen LogP contribution in [0.5, 0.6) is 11.5 Å². The summed E-state index contributed by atoms with van der Waals surface area (Å²) in [5, 5.41) is 11.2. The number of pyridine rings is 1. The number of benzene rings is 2. The summed E-state index contributed by atoms with van der Waals surface area (Å²) in [6, 6.07) is 14.7. The minimum atomic E-state index is 0.443. The summed E-state index contributed by atoms with van der Waals surface area (Å²) >= 11 is 14.2. The Morgan fingerprint density at radius 3 is 2.61 bits per heavy atom. The largest absolute Gasteiger partial charge is 0.497 e. The van der Waals surface area contributed by atoms with Crippen molar-refractivity contribution in [1.82, 2.24) is 20.2 Å². The molecule has 0 spiro atoms. The van der Waals surface area contributed by atoms with Crippen molar-refractivity contribution in [1.29, 1.82) is 0 Å². The third-order valence-electron chi connectivity index (χ3n) is 5.80. The molecule has 0 radical (unpaired) electrons. The first-order chi connectivity index (χ1) is 18.5. The molecule has 190 valence electrons. The zero-order valence-electron chi connectivity index (χ0n) is 20.3. The van der Waals surface area contributed by atoms with Crippen molar-refractivity contribution in [2.75, 3.05) is 19.5 Å². The maximum absolute atomic E-state index is 8.06. The second kappa shape index (κ2) is 11.1. The highest BCUT2D eigenvalue weighted by Crippen LogP contribution is 2.53. The molecule has 8 nitrogen and oxygen atoms in total. The van der Waals surface area contributed by atoms with Crippen LogP contribution in [0.4, 0.5) is 11.5 Å². The van der Waals surface area contributed by atoms with Crippen LogP contribution < -0.4 is 14.8 Å². The van der Waals surface area contributed by atoms with E-state index in [1.165, 1.54) is 17.7 Å². The second-order valence-corrected chi connectivity index (χ2v) is 9.88. The van der Waals surface area contributed by atoms with Crippen LogP contribution in [0.2, 0.25) is 10.0 Å². The molecule has 3 heterocycles. The topological polar surface area (TPSA) is 89.3 Å². The first-order valence-electron chi connectivity index (χ1n) is 11.3. The van der Waals surface area contributed by atoms with Gasteiger partial charge >= 0.3 is 0 Å². The van der Waals surface area contributed by atoms with E-state index in [9.17, 15) is 0 Å². The van der Waals surface area contributed by atoms with E-state index in [2.05, 4.69) is 30.3 Å². The number of aromatic amines is 1. The molecule has 0 aliphatic rings. The van der Waals surface area contributed by atoms with Crippen LogP contribution in [-0.2, 0) is 6.54 Å². The fourth-order valence-corrected chi connectivity index (χ4v) is 5.70. The van der Waals surface area contributed by atoms with Crippen molar-refractivity contribution in [2.45, 2.75) is 6.54 Å². The third-order valence-corrected chi connectivity index (χ3v) is 7.58. The lowest BCUT2D eigenvalue weighted by molar-refractivity contribution is 0.391. The minimum absolute atomic E-state index is 0.443. The summed E-state index contributed by atoms with van der Waals surface area (Å²) in [5.74, 6) is 2.63. The van der Waals surface area contributed by atoms with Crippen LogP contribution in [0.1, 0.15) is 5.56 Å². The van der Waals surface area contributed by atoms with E-state index < -0.39 is 0 Å². The third kappa shape index (κ3) is 5.02. The van der Waals surface area contributed by atoms with Crippen molar-refractivity contribution in [2.24, 2.45) is 0 Å². The summed E-state index contributed by atoms with van der Waals surface area (Å²) in [6.07, 6.45) is 3.14. The molecule has 11 heteroatoms. The van der Waals surface area contributed by atoms with Crippen LogP contribution in [0.25, 0.3) is 37.1 Å². The Bertz CT molecular complexity index is 1650. The lowest BCUT2D eigenvalue weighted by Crippen LogP contribution is -2.03. The number of aromatic nitrogens is 4. The van der Waals surface area contributed by atoms with E-state index in [0.717, 1.165) is 20.9 Å². The highest BCUT2D eigenvalue weighted by Gasteiger charge is 2.25. The van der Waals surface area contributed by atoms with Gasteiger partial charge in [0.25, 0.3) is 0 Å². The smallest absolute Gasteiger partial charge is 0.213 e. The summed E-state index contributed by atoms with van der Waals surface area (Å²) in [4.78, 5) is 14.2. The monoisotopic (exact) mass is 562 g/mol. The molecular formula is C27H20Cl2N6O2S. The summed E-state index contributed by atoms with van der Waals surface area (Å²) in [7, 11) is 3.24. The predicted molar refractivity (Wildman–Crippen MR) is 152 cm³/mol. The number of methoxy groups -OCH3 is 2. The molecule has 5 rings (SSSR count). The fourth-order valence-electron chi connectivity index (χ4n) is 4.00. The van der Waals surface area contributed by atoms with Crippen LogP contribution in [0, 0.1) is 6.57 Å². The van der Waals surface area contributed by atoms with Gasteiger partial charge < -0.3 is 14.8 Å². The SMILES string of the molecule is [C-]#[N+]c1c(-c2ccnc(NCc3ccc(OC)cc3OC)c2)sc(-c2ncn[nH]2)c1-c1ccc(Cl)cc1Cl. The Morgan fingerprint density at radius 2 is 1.89 bits per heavy atom. The first kappa shape index (κ1) is 25.5. The number of hydrogen-bond donors (Lipinski definition) is 2. The zero-order valence-corrected chi connectivity index (χ0v) is 22.6. The van der Waals surface area contributed by atoms with Crippen LogP contribution >= 0.6 is 34.5 Å². The Morgan fingerprint density at radius 1 is 1.03 bits per heavy atom. The summed E-state index contributed by atoms with van der Waals surface area (Å²) in [6.45, 7) is 8.55. The molecule has 0 amide bonds. The van der Waals surface area contributed by atoms with Crippen LogP contribution in [0.15, 0.2) is 61.1 Å². The van der Waals surface area contributed by atoms with Gasteiger partial charge in [0.1, 0.15) is 23.6 Å². The molecular weight excluding hydrogens is 543 g/mol. The lowest BCUT2D eigenvalue weighted by atomic mass is 10.0. The fraction of sp³-hybridized carbons (Fsp3) is 0.111. The Kier molecular flexibility index (Phi) is 7.47. The van der Waals surface area contributed by atoms with Crippen LogP contribution in [0.3, 0.4) is 0 Å². The number of thiophene rings is 1. The summed E-state index contributed by atoms with van der Waals surface area (Å²) < 4.78 is 10.8. The number of halogens is 2. The van der Waals surface area contributed by atoms with Gasteiger partial charge in [-0.3, -0.25) is 5.10 Å². The van der Waals surface area contributed by atoms with E-state index in [4.69, 9.17) is 39.2 Å². The Labute approximate surface area is 233 Å². The van der Waals surface area contributed by atoms with Gasteiger partial charge in [-0.05, 0) is 47.5 Å². The molecule has 2 N–H and O–H groups in total. The normalized spacial score (nSPS) is 10.7. The quantitative estimate of drug-likeness (QED) is 0.188. The first-order valence-corrected chi connectivity index (χ1v) is 12.9. The average molecular weight is 563 g/mol. The summed E-state index contributed by atoms with van der Waals surface area (Å²) in [5.41, 5.74) is 3.60. The Hall–Kier alpha value is -4.10. The number of nitrogens with zero attached hydrogens (tertiary/aromatic N) is 4. The van der Waals surface area contributed by atoms with Crippen molar-refractivity contribution in [3.8, 4) is 43.8 Å². The van der Waals surface area contributed by atoms with Crippen molar-refractivity contribution in [3.05, 3.63) is 88.1 Å². The molecule has 0 aliphatic heterocycles. The molecule has 0 atom stereocenters. The van der Waals surface area contributed by atoms with Crippen molar-refractivity contribution < 1.29 is 9.47 Å². The maximum Gasteiger partial charge on any atom is 0.213 e. The standard InChI is InChI=1S/C27H20Cl2N6O2S/c1-30-24-23(19-7-5-17(28)11-20(19)29)26(27-33-14-34-35-27)38-25(24)15-8-9-31-22(10-15)32-13-16-4-6-18(36-2)12-21(16)37-3/h4-12,14H,13H2,2-3H3,(H,31,32)(H,33,34,35). The van der Waals surface area contributed by atoms with E-state index in [1.54, 1.807) is 32.5 Å². The number of hydrogen-bond acceptors (Lipinski definition) is 7. The maximum atomic E-state index is 8.06. The molecule has 2 aromatic carbocycles. The van der Waals surface area contributed by atoms with Gasteiger partial charge in [0.15, 0.2) is 5.82 Å². The molecule has 0 bridgehead atoms. The van der Waals surface area contributed by atoms with Gasteiger partial charge in [0, 0.05) is 44.9 Å². The number of nitrogens with one attached hydrogen (secondary N) is 2. The van der Waals surface area contributed by atoms with E-state index in [1.807, 2.05) is 36.4 Å². The van der Waals surface area contributed by atoms with E-state index >= 15 is 0 Å². The van der Waals surface area contributed by atoms with Gasteiger partial charge in [-0.1, -0.05) is 29.3 Å². The average Bonchev–Trinajstić information content (AvgIpc) is 3.60. The molecule has 0 saturated carbocycles. The highest BCUT2D eigenvalue weighted by atomic mass is 35.5. The zero-order chi connectivity index (χ0) is 26.6. The molecule has 3 aromatic heterocycles. The molecule has 0 unspecified atom stereocenters. The second-order valence-electron chi connectivity index (χ2n) is 8.02. The molecule has 5 aromatic rings. The van der Waals surface area contributed by atoms with Gasteiger partial charge in [0.2, 0.25) is 5.69 Å². The van der Waals surface area contributed by atoms with Crippen molar-refractivity contribution >= 4 is 46.0 Å². The molecule has 0 fully saturated rings. The van der Waals surface area contributed by atoms with Crippen molar-refractivity contribution in [3.63, 3.8) is 0 Å². The number of rotatable bonds is 8. The van der Waals surface area contributed by atoms with E-state index in [-0.39, 0.29) is 0 Å². The van der Waals surface area contributed by atoms with Gasteiger partial charge in [0.05, 0.1) is 25.7 Å². The molecule has 0 saturated heterocycles. The molecule has 0 aliphatic carbocycles. The van der Waals surface area contributed by atoms with Gasteiger partial charge in [-0.2, -0.15) is 5.10 Å². The lowest BCUT2D eigenvalue weighted by Gasteiger charge is -2.12. The number of ether oxygens (including phenoxy) is 2. The van der Waals surface area contributed by atoms with Gasteiger partial charge in [-0.25, -0.2) is 14.8 Å². The minimum Gasteiger partial charge on any atom is -0.497 e. The molecule has 38 heavy (non-hydrogen) atoms.